The Hall–Kier alpha value is -2.61. The van der Waals surface area contributed by atoms with Gasteiger partial charge in [-0.15, -0.1) is 0 Å². The van der Waals surface area contributed by atoms with Gasteiger partial charge < -0.3 is 4.74 Å². The van der Waals surface area contributed by atoms with E-state index in [1.165, 1.54) is 36.8 Å². The number of ether oxygens (including phenoxy) is 1. The van der Waals surface area contributed by atoms with Gasteiger partial charge in [-0.25, -0.2) is 4.79 Å². The molecule has 1 aliphatic carbocycles. The Morgan fingerprint density at radius 2 is 1.79 bits per heavy atom. The molecule has 0 radical (unpaired) electrons. The maximum atomic E-state index is 12.5. The third-order valence-corrected chi connectivity index (χ3v) is 5.56. The number of rotatable bonds is 8. The van der Waals surface area contributed by atoms with Gasteiger partial charge in [0.2, 0.25) is 0 Å². The second kappa shape index (κ2) is 10.8. The quantitative estimate of drug-likeness (QED) is 0.342. The first-order valence-electron chi connectivity index (χ1n) is 11.0. The lowest BCUT2D eigenvalue weighted by Gasteiger charge is -2.21. The second-order valence-electron chi connectivity index (χ2n) is 7.89. The van der Waals surface area contributed by atoms with Gasteiger partial charge in [0.25, 0.3) is 0 Å². The summed E-state index contributed by atoms with van der Waals surface area (Å²) in [6.07, 6.45) is 15.0. The van der Waals surface area contributed by atoms with Gasteiger partial charge in [0, 0.05) is 0 Å². The van der Waals surface area contributed by atoms with Gasteiger partial charge >= 0.3 is 5.97 Å². The molecule has 3 rings (SSSR count). The summed E-state index contributed by atoms with van der Waals surface area (Å²) in [7, 11) is 0. The maximum Gasteiger partial charge on any atom is 0.343 e. The summed E-state index contributed by atoms with van der Waals surface area (Å²) in [6.45, 7) is 4.42. The van der Waals surface area contributed by atoms with Crippen LogP contribution in [0.3, 0.4) is 0 Å². The molecule has 0 N–H and O–H groups in total. The van der Waals surface area contributed by atoms with Crippen molar-refractivity contribution in [3.63, 3.8) is 0 Å². The van der Waals surface area contributed by atoms with Crippen LogP contribution in [0, 0.1) is 5.92 Å². The van der Waals surface area contributed by atoms with Crippen LogP contribution in [-0.4, -0.2) is 5.97 Å². The molecule has 0 aliphatic heterocycles. The van der Waals surface area contributed by atoms with E-state index in [-0.39, 0.29) is 5.97 Å². The minimum absolute atomic E-state index is 0.313. The van der Waals surface area contributed by atoms with E-state index in [4.69, 9.17) is 4.74 Å². The Morgan fingerprint density at radius 1 is 1.03 bits per heavy atom. The molecule has 0 saturated carbocycles. The lowest BCUT2D eigenvalue weighted by molar-refractivity contribution is 0.0735. The number of allylic oxidation sites excluding steroid dienone is 3. The van der Waals surface area contributed by atoms with Crippen LogP contribution in [0.15, 0.2) is 60.7 Å². The van der Waals surface area contributed by atoms with Gasteiger partial charge in [0.05, 0.1) is 5.56 Å². The van der Waals surface area contributed by atoms with E-state index >= 15 is 0 Å². The van der Waals surface area contributed by atoms with E-state index < -0.39 is 0 Å². The normalized spacial score (nSPS) is 16.6. The first-order valence-corrected chi connectivity index (χ1v) is 11.0. The van der Waals surface area contributed by atoms with Crippen molar-refractivity contribution in [1.29, 1.82) is 0 Å². The maximum absolute atomic E-state index is 12.5. The number of unbranched alkanes of at least 4 members (excludes halogenated alkanes) is 1. The van der Waals surface area contributed by atoms with Crippen molar-refractivity contribution < 1.29 is 9.53 Å². The highest BCUT2D eigenvalue weighted by Gasteiger charge is 2.15. The molecule has 0 spiro atoms. The van der Waals surface area contributed by atoms with Crippen molar-refractivity contribution in [2.45, 2.75) is 58.8 Å². The van der Waals surface area contributed by atoms with Gasteiger partial charge in [-0.05, 0) is 72.6 Å². The van der Waals surface area contributed by atoms with Gasteiger partial charge in [0.1, 0.15) is 5.75 Å². The molecule has 0 saturated heterocycles. The summed E-state index contributed by atoms with van der Waals surface area (Å²) in [5.41, 5.74) is 4.33. The molecular weight excluding hydrogens is 356 g/mol. The first kappa shape index (κ1) is 21.1. The van der Waals surface area contributed by atoms with Crippen LogP contribution in [0.2, 0.25) is 0 Å². The second-order valence-corrected chi connectivity index (χ2v) is 7.89. The summed E-state index contributed by atoms with van der Waals surface area (Å²) in [5, 5.41) is 0. The van der Waals surface area contributed by atoms with Crippen LogP contribution >= 0.6 is 0 Å². The number of benzene rings is 2. The van der Waals surface area contributed by atoms with Crippen LogP contribution < -0.4 is 4.74 Å². The number of hydrogen-bond donors (Lipinski definition) is 0. The smallest absolute Gasteiger partial charge is 0.343 e. The average Bonchev–Trinajstić information content (AvgIpc) is 2.76. The van der Waals surface area contributed by atoms with Crippen molar-refractivity contribution >= 4 is 17.6 Å². The van der Waals surface area contributed by atoms with Crippen LogP contribution in [0.25, 0.3) is 11.6 Å². The molecule has 2 heteroatoms. The minimum atomic E-state index is -0.313. The predicted octanol–water partition coefficient (Wildman–Crippen LogP) is 7.70. The topological polar surface area (TPSA) is 26.3 Å². The zero-order valence-corrected chi connectivity index (χ0v) is 17.7. The van der Waals surface area contributed by atoms with Crippen LogP contribution in [0.5, 0.6) is 5.75 Å². The molecule has 2 aromatic rings. The lowest BCUT2D eigenvalue weighted by Crippen LogP contribution is -2.09. The Kier molecular flexibility index (Phi) is 7.86. The Balaban J connectivity index is 1.58. The third-order valence-electron chi connectivity index (χ3n) is 5.56. The van der Waals surface area contributed by atoms with E-state index in [0.29, 0.717) is 11.3 Å². The fourth-order valence-electron chi connectivity index (χ4n) is 3.84. The monoisotopic (exact) mass is 388 g/mol. The van der Waals surface area contributed by atoms with Gasteiger partial charge in [-0.2, -0.15) is 0 Å². The van der Waals surface area contributed by atoms with Crippen molar-refractivity contribution in [2.24, 2.45) is 5.92 Å². The molecule has 152 valence electrons. The molecule has 1 atom stereocenters. The molecule has 29 heavy (non-hydrogen) atoms. The highest BCUT2D eigenvalue weighted by Crippen LogP contribution is 2.32. The zero-order valence-electron chi connectivity index (χ0n) is 17.7. The standard InChI is InChI=1S/C27H32O2/c1-3-5-6-8-22-11-19-26(20-12-22)29-27(28)25-17-15-24(16-18-25)23-13-9-21(7-4-2)10-14-23/h6,8,11-13,15-21H,3-5,7,9-10,14H2,1-2H3/b8-6+. The fraction of sp³-hybridized carbons (Fsp3) is 0.370. The minimum Gasteiger partial charge on any atom is -0.423 e. The van der Waals surface area contributed by atoms with E-state index in [1.807, 2.05) is 48.5 Å². The van der Waals surface area contributed by atoms with Crippen LogP contribution in [-0.2, 0) is 0 Å². The van der Waals surface area contributed by atoms with Crippen molar-refractivity contribution in [3.8, 4) is 5.75 Å². The lowest BCUT2D eigenvalue weighted by atomic mass is 9.84. The molecule has 1 unspecified atom stereocenters. The molecular formula is C27H32O2. The van der Waals surface area contributed by atoms with Crippen LogP contribution in [0.4, 0.5) is 0 Å². The molecule has 0 bridgehead atoms. The molecule has 0 heterocycles. The van der Waals surface area contributed by atoms with Crippen molar-refractivity contribution in [2.75, 3.05) is 0 Å². The predicted molar refractivity (Wildman–Crippen MR) is 122 cm³/mol. The number of esters is 1. The number of hydrogen-bond acceptors (Lipinski definition) is 2. The van der Waals surface area contributed by atoms with Gasteiger partial charge in [-0.1, -0.05) is 75.6 Å². The van der Waals surface area contributed by atoms with Gasteiger partial charge in [-0.3, -0.25) is 0 Å². The van der Waals surface area contributed by atoms with Crippen molar-refractivity contribution in [3.05, 3.63) is 77.4 Å². The summed E-state index contributed by atoms with van der Waals surface area (Å²) >= 11 is 0. The van der Waals surface area contributed by atoms with Gasteiger partial charge in [0.15, 0.2) is 0 Å². The zero-order chi connectivity index (χ0) is 20.5. The molecule has 0 amide bonds. The summed E-state index contributed by atoms with van der Waals surface area (Å²) in [4.78, 5) is 12.5. The summed E-state index contributed by atoms with van der Waals surface area (Å²) in [5.74, 6) is 1.10. The van der Waals surface area contributed by atoms with E-state index in [1.54, 1.807) is 0 Å². The highest BCUT2D eigenvalue weighted by molar-refractivity contribution is 5.91. The molecule has 2 aromatic carbocycles. The highest BCUT2D eigenvalue weighted by atomic mass is 16.5. The third kappa shape index (κ3) is 6.19. The molecule has 2 nitrogen and oxygen atoms in total. The Morgan fingerprint density at radius 3 is 2.41 bits per heavy atom. The van der Waals surface area contributed by atoms with Crippen molar-refractivity contribution in [1.82, 2.24) is 0 Å². The van der Waals surface area contributed by atoms with E-state index in [0.717, 1.165) is 30.7 Å². The van der Waals surface area contributed by atoms with E-state index in [9.17, 15) is 4.79 Å². The summed E-state index contributed by atoms with van der Waals surface area (Å²) < 4.78 is 5.53. The van der Waals surface area contributed by atoms with E-state index in [2.05, 4.69) is 32.1 Å². The first-order chi connectivity index (χ1) is 14.2. The largest absolute Gasteiger partial charge is 0.423 e. The molecule has 0 aromatic heterocycles. The van der Waals surface area contributed by atoms with Crippen LogP contribution in [0.1, 0.15) is 80.3 Å². The summed E-state index contributed by atoms with van der Waals surface area (Å²) in [6, 6.07) is 15.5. The molecule has 0 fully saturated rings. The SMILES string of the molecule is CCC/C=C/c1ccc(OC(=O)c2ccc(C3=CCC(CCC)CC3)cc2)cc1. The number of carbonyl (C=O) groups is 1. The Bertz CT molecular complexity index is 841. The fourth-order valence-corrected chi connectivity index (χ4v) is 3.84. The Labute approximate surface area is 175 Å². The number of carbonyl (C=O) groups excluding carboxylic acids is 1. The average molecular weight is 389 g/mol. The molecule has 1 aliphatic rings.